The lowest BCUT2D eigenvalue weighted by atomic mass is 10.1. The number of nitrogens with one attached hydrogen (secondary N) is 1. The molecule has 1 atom stereocenters. The van der Waals surface area contributed by atoms with Crippen LogP contribution in [0.1, 0.15) is 28.5 Å². The monoisotopic (exact) mass is 432 g/mol. The number of carbonyl (C=O) groups is 2. The number of hydrogen-bond donors (Lipinski definition) is 1. The van der Waals surface area contributed by atoms with Crippen molar-refractivity contribution in [1.82, 2.24) is 9.78 Å². The van der Waals surface area contributed by atoms with Crippen molar-refractivity contribution in [3.63, 3.8) is 0 Å². The molecule has 2 aromatic carbocycles. The number of nitrogens with zero attached hydrogens (tertiary/aromatic N) is 3. The first-order valence-corrected chi connectivity index (χ1v) is 10.3. The number of ether oxygens (including phenoxy) is 1. The maximum absolute atomic E-state index is 13.2. The summed E-state index contributed by atoms with van der Waals surface area (Å²) in [5.74, 6) is -0.250. The highest BCUT2D eigenvalue weighted by atomic mass is 16.5. The van der Waals surface area contributed by atoms with Crippen molar-refractivity contribution in [1.29, 1.82) is 0 Å². The first-order chi connectivity index (χ1) is 15.4. The molecule has 164 valence electrons. The quantitative estimate of drug-likeness (QED) is 0.669. The largest absolute Gasteiger partial charge is 0.495 e. The molecule has 8 heteroatoms. The minimum atomic E-state index is -0.470. The van der Waals surface area contributed by atoms with Gasteiger partial charge in [-0.2, -0.15) is 5.10 Å². The van der Waals surface area contributed by atoms with E-state index in [4.69, 9.17) is 4.74 Å². The van der Waals surface area contributed by atoms with Gasteiger partial charge in [-0.25, -0.2) is 4.68 Å². The van der Waals surface area contributed by atoms with Crippen molar-refractivity contribution in [2.24, 2.45) is 0 Å². The highest BCUT2D eigenvalue weighted by Crippen LogP contribution is 2.32. The third-order valence-electron chi connectivity index (χ3n) is 5.43. The SMILES string of the molecule is COc1ccc(C)cc1NC(=O)Cn1nc(C(=O)N2c3ccccc3C[C@@H]2C)ccc1=O. The predicted octanol–water partition coefficient (Wildman–Crippen LogP) is 2.79. The van der Waals surface area contributed by atoms with Crippen LogP contribution >= 0.6 is 0 Å². The molecule has 1 aliphatic heterocycles. The second-order valence-corrected chi connectivity index (χ2v) is 7.82. The molecule has 0 saturated carbocycles. The van der Waals surface area contributed by atoms with Gasteiger partial charge in [0.05, 0.1) is 12.8 Å². The topological polar surface area (TPSA) is 93.5 Å². The van der Waals surface area contributed by atoms with Gasteiger partial charge in [-0.05, 0) is 55.7 Å². The molecule has 1 aliphatic rings. The number of aromatic nitrogens is 2. The third kappa shape index (κ3) is 4.12. The normalized spacial score (nSPS) is 14.7. The van der Waals surface area contributed by atoms with Crippen molar-refractivity contribution in [2.75, 3.05) is 17.3 Å². The lowest BCUT2D eigenvalue weighted by molar-refractivity contribution is -0.117. The summed E-state index contributed by atoms with van der Waals surface area (Å²) in [4.78, 5) is 39.8. The lowest BCUT2D eigenvalue weighted by Gasteiger charge is -2.22. The molecular weight excluding hydrogens is 408 g/mol. The molecule has 4 rings (SSSR count). The predicted molar refractivity (Wildman–Crippen MR) is 121 cm³/mol. The number of anilines is 2. The third-order valence-corrected chi connectivity index (χ3v) is 5.43. The van der Waals surface area contributed by atoms with Gasteiger partial charge in [0.2, 0.25) is 5.91 Å². The van der Waals surface area contributed by atoms with Crippen molar-refractivity contribution < 1.29 is 14.3 Å². The van der Waals surface area contributed by atoms with E-state index in [0.29, 0.717) is 11.4 Å². The van der Waals surface area contributed by atoms with Gasteiger partial charge in [-0.15, -0.1) is 0 Å². The molecule has 32 heavy (non-hydrogen) atoms. The van der Waals surface area contributed by atoms with Gasteiger partial charge in [-0.1, -0.05) is 24.3 Å². The minimum absolute atomic E-state index is 0.0286. The summed E-state index contributed by atoms with van der Waals surface area (Å²) >= 11 is 0. The molecule has 1 N–H and O–H groups in total. The van der Waals surface area contributed by atoms with Gasteiger partial charge in [0.1, 0.15) is 18.0 Å². The average Bonchev–Trinajstić information content (AvgIpc) is 3.10. The van der Waals surface area contributed by atoms with Crippen LogP contribution < -0.4 is 20.5 Å². The van der Waals surface area contributed by atoms with Gasteiger partial charge >= 0.3 is 0 Å². The number of aryl methyl sites for hydroxylation is 1. The van der Waals surface area contributed by atoms with Gasteiger partial charge in [0, 0.05) is 17.8 Å². The van der Waals surface area contributed by atoms with Crippen molar-refractivity contribution in [3.05, 3.63) is 81.8 Å². The molecule has 1 aromatic heterocycles. The molecule has 0 radical (unpaired) electrons. The molecule has 2 amide bonds. The molecule has 0 spiro atoms. The van der Waals surface area contributed by atoms with Crippen LogP contribution in [-0.4, -0.2) is 34.7 Å². The van der Waals surface area contributed by atoms with Crippen LogP contribution in [0.4, 0.5) is 11.4 Å². The molecule has 0 fully saturated rings. The summed E-state index contributed by atoms with van der Waals surface area (Å²) in [5, 5.41) is 6.93. The second kappa shape index (κ2) is 8.66. The van der Waals surface area contributed by atoms with E-state index in [1.807, 2.05) is 44.2 Å². The van der Waals surface area contributed by atoms with Crippen LogP contribution in [0, 0.1) is 6.92 Å². The summed E-state index contributed by atoms with van der Waals surface area (Å²) in [6.07, 6.45) is 0.752. The van der Waals surface area contributed by atoms with Crippen LogP contribution in [0.5, 0.6) is 5.75 Å². The van der Waals surface area contributed by atoms with Gasteiger partial charge in [0.15, 0.2) is 0 Å². The highest BCUT2D eigenvalue weighted by molar-refractivity contribution is 6.06. The molecule has 0 bridgehead atoms. The summed E-state index contributed by atoms with van der Waals surface area (Å²) in [5.41, 5.74) is 3.02. The van der Waals surface area contributed by atoms with E-state index >= 15 is 0 Å². The van der Waals surface area contributed by atoms with Crippen molar-refractivity contribution in [3.8, 4) is 5.75 Å². The highest BCUT2D eigenvalue weighted by Gasteiger charge is 2.32. The fourth-order valence-corrected chi connectivity index (χ4v) is 3.92. The van der Waals surface area contributed by atoms with Gasteiger partial charge in [-0.3, -0.25) is 14.4 Å². The zero-order valence-electron chi connectivity index (χ0n) is 18.2. The number of benzene rings is 2. The molecule has 0 aliphatic carbocycles. The summed E-state index contributed by atoms with van der Waals surface area (Å²) in [6.45, 7) is 3.54. The Morgan fingerprint density at radius 2 is 1.94 bits per heavy atom. The Balaban J connectivity index is 1.56. The maximum Gasteiger partial charge on any atom is 0.278 e. The van der Waals surface area contributed by atoms with E-state index in [2.05, 4.69) is 10.4 Å². The van der Waals surface area contributed by atoms with Crippen molar-refractivity contribution >= 4 is 23.2 Å². The molecule has 2 heterocycles. The van der Waals surface area contributed by atoms with E-state index in [1.165, 1.54) is 19.2 Å². The average molecular weight is 432 g/mol. The van der Waals surface area contributed by atoms with E-state index in [0.717, 1.165) is 27.9 Å². The molecule has 0 saturated heterocycles. The minimum Gasteiger partial charge on any atom is -0.495 e. The second-order valence-electron chi connectivity index (χ2n) is 7.82. The van der Waals surface area contributed by atoms with E-state index in [9.17, 15) is 14.4 Å². The summed E-state index contributed by atoms with van der Waals surface area (Å²) < 4.78 is 6.27. The number of hydrogen-bond acceptors (Lipinski definition) is 5. The Labute approximate surface area is 185 Å². The maximum atomic E-state index is 13.2. The van der Waals surface area contributed by atoms with Crippen LogP contribution in [0.25, 0.3) is 0 Å². The molecular formula is C24H24N4O4. The van der Waals surface area contributed by atoms with Crippen molar-refractivity contribution in [2.45, 2.75) is 32.9 Å². The fourth-order valence-electron chi connectivity index (χ4n) is 3.92. The van der Waals surface area contributed by atoms with Gasteiger partial charge in [0.25, 0.3) is 11.5 Å². The first kappa shape index (κ1) is 21.3. The number of carbonyl (C=O) groups excluding carboxylic acids is 2. The number of fused-ring (bicyclic) bond motifs is 1. The van der Waals surface area contributed by atoms with Crippen LogP contribution in [-0.2, 0) is 17.8 Å². The number of methoxy groups -OCH3 is 1. The zero-order chi connectivity index (χ0) is 22.8. The van der Waals surface area contributed by atoms with E-state index < -0.39 is 11.5 Å². The molecule has 3 aromatic rings. The van der Waals surface area contributed by atoms with Crippen LogP contribution in [0.15, 0.2) is 59.4 Å². The first-order valence-electron chi connectivity index (χ1n) is 10.3. The zero-order valence-corrected chi connectivity index (χ0v) is 18.2. The number of rotatable bonds is 5. The Bertz CT molecular complexity index is 1250. The Hall–Kier alpha value is -3.94. The standard InChI is InChI=1S/C24H24N4O4/c1-15-8-10-21(32-3)19(12-15)25-22(29)14-27-23(30)11-9-18(26-27)24(31)28-16(2)13-17-6-4-5-7-20(17)28/h4-12,16H,13-14H2,1-3H3,(H,25,29)/t16-/m0/s1. The Morgan fingerprint density at radius 1 is 1.16 bits per heavy atom. The lowest BCUT2D eigenvalue weighted by Crippen LogP contribution is -2.38. The Morgan fingerprint density at radius 3 is 2.72 bits per heavy atom. The molecule has 0 unspecified atom stereocenters. The van der Waals surface area contributed by atoms with Crippen LogP contribution in [0.3, 0.4) is 0 Å². The summed E-state index contributed by atoms with van der Waals surface area (Å²) in [6, 6.07) is 15.8. The summed E-state index contributed by atoms with van der Waals surface area (Å²) in [7, 11) is 1.51. The number of amides is 2. The van der Waals surface area contributed by atoms with E-state index in [1.54, 1.807) is 17.0 Å². The van der Waals surface area contributed by atoms with E-state index in [-0.39, 0.29) is 24.2 Å². The van der Waals surface area contributed by atoms with Crippen LogP contribution in [0.2, 0.25) is 0 Å². The fraction of sp³-hybridized carbons (Fsp3) is 0.250. The Kier molecular flexibility index (Phi) is 5.77. The smallest absolute Gasteiger partial charge is 0.278 e. The molecule has 8 nitrogen and oxygen atoms in total. The van der Waals surface area contributed by atoms with Gasteiger partial charge < -0.3 is 15.0 Å². The number of para-hydroxylation sites is 1.